The van der Waals surface area contributed by atoms with Gasteiger partial charge in [0.1, 0.15) is 0 Å². The molecule has 9 fully saturated rings. The molecule has 0 spiro atoms. The number of rotatable bonds is 5. The zero-order chi connectivity index (χ0) is 25.8. The first-order chi connectivity index (χ1) is 17.4. The Hall–Kier alpha value is 0.860. The summed E-state index contributed by atoms with van der Waals surface area (Å²) < 4.78 is 0. The Morgan fingerprint density at radius 1 is 0.541 bits per heavy atom. The predicted molar refractivity (Wildman–Crippen MR) is 166 cm³/mol. The summed E-state index contributed by atoms with van der Waals surface area (Å²) in [5.74, 6) is 7.86. The van der Waals surface area contributed by atoms with E-state index in [1.165, 1.54) is 0 Å². The van der Waals surface area contributed by atoms with Crippen LogP contribution >= 0.6 is 15.8 Å². The molecule has 9 rings (SSSR count). The van der Waals surface area contributed by atoms with Gasteiger partial charge in [-0.25, -0.2) is 0 Å². The van der Waals surface area contributed by atoms with Gasteiger partial charge in [0.25, 0.3) is 0 Å². The summed E-state index contributed by atoms with van der Waals surface area (Å²) in [4.78, 5) is 0. The van der Waals surface area contributed by atoms with Crippen molar-refractivity contribution >= 4 is 15.8 Å². The highest BCUT2D eigenvalue weighted by Crippen LogP contribution is 2.82. The zero-order valence-corrected chi connectivity index (χ0v) is 27.3. The lowest BCUT2D eigenvalue weighted by Gasteiger charge is -2.70. The van der Waals surface area contributed by atoms with Crippen molar-refractivity contribution in [1.82, 2.24) is 0 Å². The van der Waals surface area contributed by atoms with E-state index in [1.54, 1.807) is 109 Å². The van der Waals surface area contributed by atoms with Gasteiger partial charge < -0.3 is 0 Å². The molecule has 2 atom stereocenters. The lowest BCUT2D eigenvalue weighted by Crippen LogP contribution is -2.58. The lowest BCUT2D eigenvalue weighted by molar-refractivity contribution is 0.0171. The fourth-order valence-corrected chi connectivity index (χ4v) is 23.9. The topological polar surface area (TPSA) is 0 Å². The Labute approximate surface area is 233 Å². The van der Waals surface area contributed by atoms with Crippen LogP contribution in [0.2, 0.25) is 0 Å². The van der Waals surface area contributed by atoms with Crippen LogP contribution in [0.25, 0.3) is 0 Å². The standard InChI is InChI=1S/C35H60P2/c1-32(2,3)36(33(4,5)6)23-30-9-7-8-10-31(30)37(34-17-24-11-25(18-34)13-26(12-24)19-34)35-20-27-14-28(21-35)16-29(15-27)22-35/h24-31H,7-23H2,1-6H3. The van der Waals surface area contributed by atoms with Gasteiger partial charge in [-0.15, -0.1) is 0 Å². The summed E-state index contributed by atoms with van der Waals surface area (Å²) in [5.41, 5.74) is 1.13. The normalized spacial score (nSPS) is 49.7. The third-order valence-corrected chi connectivity index (χ3v) is 21.8. The summed E-state index contributed by atoms with van der Waals surface area (Å²) >= 11 is 0. The van der Waals surface area contributed by atoms with Crippen molar-refractivity contribution in [3.05, 3.63) is 0 Å². The third kappa shape index (κ3) is 4.68. The van der Waals surface area contributed by atoms with Gasteiger partial charge in [0.05, 0.1) is 0 Å². The highest BCUT2D eigenvalue weighted by molar-refractivity contribution is 7.62. The Morgan fingerprint density at radius 3 is 1.24 bits per heavy atom. The van der Waals surface area contributed by atoms with Crippen molar-refractivity contribution in [1.29, 1.82) is 0 Å². The molecule has 37 heavy (non-hydrogen) atoms. The van der Waals surface area contributed by atoms with Gasteiger partial charge in [-0.05, 0) is 164 Å². The van der Waals surface area contributed by atoms with Crippen LogP contribution in [0.3, 0.4) is 0 Å². The second kappa shape index (κ2) is 9.18. The molecule has 0 radical (unpaired) electrons. The molecule has 0 saturated heterocycles. The number of hydrogen-bond donors (Lipinski definition) is 0. The average Bonchev–Trinajstić information content (AvgIpc) is 2.74. The molecular formula is C35H60P2. The highest BCUT2D eigenvalue weighted by Gasteiger charge is 2.64. The summed E-state index contributed by atoms with van der Waals surface area (Å²) in [6.07, 6.45) is 27.9. The molecule has 8 bridgehead atoms. The minimum absolute atomic E-state index is 0.0270. The van der Waals surface area contributed by atoms with Gasteiger partial charge >= 0.3 is 0 Å². The van der Waals surface area contributed by atoms with Gasteiger partial charge in [0.15, 0.2) is 0 Å². The first kappa shape index (κ1) is 26.7. The molecule has 0 aliphatic heterocycles. The van der Waals surface area contributed by atoms with E-state index in [0.29, 0.717) is 10.3 Å². The van der Waals surface area contributed by atoms with Gasteiger partial charge in [-0.1, -0.05) is 70.2 Å². The highest BCUT2D eigenvalue weighted by atomic mass is 31.1. The van der Waals surface area contributed by atoms with Crippen LogP contribution in [-0.2, 0) is 0 Å². The molecule has 9 saturated carbocycles. The molecular weight excluding hydrogens is 482 g/mol. The van der Waals surface area contributed by atoms with Crippen molar-refractivity contribution in [2.45, 2.75) is 171 Å². The molecule has 0 heterocycles. The minimum atomic E-state index is 0.0270. The average molecular weight is 543 g/mol. The van der Waals surface area contributed by atoms with Gasteiger partial charge in [0.2, 0.25) is 0 Å². The monoisotopic (exact) mass is 542 g/mol. The van der Waals surface area contributed by atoms with Crippen molar-refractivity contribution in [3.8, 4) is 0 Å². The summed E-state index contributed by atoms with van der Waals surface area (Å²) in [5, 5.41) is 2.61. The van der Waals surface area contributed by atoms with E-state index in [0.717, 1.165) is 57.4 Å². The van der Waals surface area contributed by atoms with Gasteiger partial charge in [-0.3, -0.25) is 0 Å². The van der Waals surface area contributed by atoms with Crippen LogP contribution in [0.1, 0.15) is 144 Å². The first-order valence-corrected chi connectivity index (χ1v) is 19.9. The largest absolute Gasteiger partial charge is 0.0953 e. The molecule has 0 aromatic carbocycles. The van der Waals surface area contributed by atoms with Crippen LogP contribution < -0.4 is 0 Å². The number of hydrogen-bond acceptors (Lipinski definition) is 0. The van der Waals surface area contributed by atoms with E-state index >= 15 is 0 Å². The molecule has 2 unspecified atom stereocenters. The predicted octanol–water partition coefficient (Wildman–Crippen LogP) is 11.0. The van der Waals surface area contributed by atoms with E-state index in [4.69, 9.17) is 0 Å². The molecule has 0 N–H and O–H groups in total. The van der Waals surface area contributed by atoms with Crippen LogP contribution in [0.15, 0.2) is 0 Å². The molecule has 0 amide bonds. The Morgan fingerprint density at radius 2 is 0.892 bits per heavy atom. The molecule has 0 nitrogen and oxygen atoms in total. The summed E-state index contributed by atoms with van der Waals surface area (Å²) in [6, 6.07) is 0. The summed E-state index contributed by atoms with van der Waals surface area (Å²) in [6.45, 7) is 15.6. The van der Waals surface area contributed by atoms with Crippen LogP contribution in [-0.4, -0.2) is 32.4 Å². The molecule has 0 aromatic heterocycles. The van der Waals surface area contributed by atoms with E-state index in [9.17, 15) is 0 Å². The first-order valence-electron chi connectivity index (χ1n) is 17.0. The van der Waals surface area contributed by atoms with Gasteiger partial charge in [0, 0.05) is 0 Å². The van der Waals surface area contributed by atoms with Crippen molar-refractivity contribution < 1.29 is 0 Å². The Balaban J connectivity index is 1.29. The maximum absolute atomic E-state index is 2.60. The van der Waals surface area contributed by atoms with Crippen molar-refractivity contribution in [3.63, 3.8) is 0 Å². The molecule has 210 valence electrons. The second-order valence-corrected chi connectivity index (χ2v) is 25.4. The molecule has 9 aliphatic rings. The SMILES string of the molecule is CC(C)(C)P(CC1CCCCC1P(C12CC3CC(CC(C3)C1)C2)C12CC3CC(CC(C3)C1)C2)C(C)(C)C. The molecule has 2 heteroatoms. The maximum Gasteiger partial charge on any atom is -0.00789 e. The van der Waals surface area contributed by atoms with E-state index < -0.39 is 0 Å². The minimum Gasteiger partial charge on any atom is -0.0953 e. The van der Waals surface area contributed by atoms with E-state index in [-0.39, 0.29) is 15.8 Å². The second-order valence-electron chi connectivity index (χ2n) is 18.2. The van der Waals surface area contributed by atoms with Crippen LogP contribution in [0.4, 0.5) is 0 Å². The van der Waals surface area contributed by atoms with Crippen molar-refractivity contribution in [2.75, 3.05) is 6.16 Å². The fraction of sp³-hybridized carbons (Fsp3) is 1.00. The van der Waals surface area contributed by atoms with Crippen LogP contribution in [0.5, 0.6) is 0 Å². The van der Waals surface area contributed by atoms with Crippen LogP contribution in [0, 0.1) is 41.4 Å². The zero-order valence-electron chi connectivity index (χ0n) is 25.5. The van der Waals surface area contributed by atoms with E-state index in [2.05, 4.69) is 41.5 Å². The Kier molecular flexibility index (Phi) is 6.63. The quantitative estimate of drug-likeness (QED) is 0.303. The third-order valence-electron chi connectivity index (χ3n) is 13.3. The summed E-state index contributed by atoms with van der Waals surface area (Å²) in [7, 11) is 0.169. The smallest absolute Gasteiger partial charge is 0.00789 e. The fourth-order valence-electron chi connectivity index (χ4n) is 13.5. The van der Waals surface area contributed by atoms with Gasteiger partial charge in [-0.2, -0.15) is 0 Å². The van der Waals surface area contributed by atoms with E-state index in [1.807, 2.05) is 0 Å². The molecule has 9 aliphatic carbocycles. The van der Waals surface area contributed by atoms with Crippen molar-refractivity contribution in [2.24, 2.45) is 41.4 Å². The maximum atomic E-state index is 2.60. The lowest BCUT2D eigenvalue weighted by atomic mass is 9.55. The molecule has 0 aromatic rings. The Bertz CT molecular complexity index is 729.